The Hall–Kier alpha value is -1.65. The molecular formula is C8H13N5. The van der Waals surface area contributed by atoms with Crippen LogP contribution < -0.4 is 5.73 Å². The largest absolute Gasteiger partial charge is 0.382 e. The highest BCUT2D eigenvalue weighted by atomic mass is 15.3. The average molecular weight is 179 g/mol. The molecule has 5 heteroatoms. The quantitative estimate of drug-likeness (QED) is 0.656. The van der Waals surface area contributed by atoms with Crippen LogP contribution in [0.3, 0.4) is 0 Å². The third-order valence-electron chi connectivity index (χ3n) is 1.53. The van der Waals surface area contributed by atoms with Gasteiger partial charge in [0.05, 0.1) is 6.20 Å². The Morgan fingerprint density at radius 2 is 2.00 bits per heavy atom. The van der Waals surface area contributed by atoms with E-state index in [0.717, 1.165) is 11.3 Å². The molecule has 2 heterocycles. The van der Waals surface area contributed by atoms with Crippen LogP contribution in [-0.4, -0.2) is 19.6 Å². The van der Waals surface area contributed by atoms with Crippen molar-refractivity contribution >= 4 is 11.3 Å². The van der Waals surface area contributed by atoms with Gasteiger partial charge in [0, 0.05) is 0 Å². The van der Waals surface area contributed by atoms with E-state index in [1.807, 2.05) is 20.8 Å². The molecule has 0 bridgehead atoms. The van der Waals surface area contributed by atoms with E-state index in [1.165, 1.54) is 6.33 Å². The lowest BCUT2D eigenvalue weighted by Crippen LogP contribution is -1.99. The van der Waals surface area contributed by atoms with Crippen LogP contribution in [0.5, 0.6) is 0 Å². The first kappa shape index (κ1) is 9.44. The van der Waals surface area contributed by atoms with E-state index < -0.39 is 0 Å². The molecule has 70 valence electrons. The van der Waals surface area contributed by atoms with Gasteiger partial charge in [-0.25, -0.2) is 14.5 Å². The van der Waals surface area contributed by atoms with E-state index >= 15 is 0 Å². The lowest BCUT2D eigenvalue weighted by Gasteiger charge is -1.94. The van der Waals surface area contributed by atoms with Crippen LogP contribution in [0.2, 0.25) is 0 Å². The molecule has 0 fully saturated rings. The maximum Gasteiger partial charge on any atom is 0.153 e. The summed E-state index contributed by atoms with van der Waals surface area (Å²) in [5.74, 6) is 1.27. The molecular weight excluding hydrogens is 166 g/mol. The fraction of sp³-hybridized carbons (Fsp3) is 0.375. The summed E-state index contributed by atoms with van der Waals surface area (Å²) in [7, 11) is 0. The third kappa shape index (κ3) is 1.58. The van der Waals surface area contributed by atoms with Crippen LogP contribution in [0.4, 0.5) is 5.82 Å². The van der Waals surface area contributed by atoms with Crippen LogP contribution in [0.1, 0.15) is 19.7 Å². The van der Waals surface area contributed by atoms with Crippen molar-refractivity contribution in [2.24, 2.45) is 0 Å². The van der Waals surface area contributed by atoms with Crippen LogP contribution in [0, 0.1) is 6.92 Å². The van der Waals surface area contributed by atoms with Gasteiger partial charge in [-0.15, -0.1) is 0 Å². The molecule has 2 aromatic heterocycles. The van der Waals surface area contributed by atoms with Crippen molar-refractivity contribution in [1.82, 2.24) is 19.6 Å². The van der Waals surface area contributed by atoms with Gasteiger partial charge < -0.3 is 5.73 Å². The maximum atomic E-state index is 5.56. The standard InChI is InChI=1S/C6H7N5.C2H6/c1-4-8-2-5-6(7)9-3-10-11(4)5;1-2/h2-3H,1H3,(H2,7,9,10);1-2H3. The molecule has 2 N–H and O–H groups in total. The van der Waals surface area contributed by atoms with Gasteiger partial charge in [-0.2, -0.15) is 5.10 Å². The van der Waals surface area contributed by atoms with E-state index in [1.54, 1.807) is 10.7 Å². The number of hydrogen-bond donors (Lipinski definition) is 1. The summed E-state index contributed by atoms with van der Waals surface area (Å²) in [5, 5.41) is 3.96. The Bertz CT molecular complexity index is 392. The first-order valence-corrected chi connectivity index (χ1v) is 4.20. The molecule has 0 aliphatic heterocycles. The Balaban J connectivity index is 0.000000396. The molecule has 2 aromatic rings. The minimum atomic E-state index is 0.459. The zero-order chi connectivity index (χ0) is 9.84. The number of nitrogen functional groups attached to an aromatic ring is 1. The molecule has 0 aliphatic carbocycles. The van der Waals surface area contributed by atoms with E-state index in [4.69, 9.17) is 5.73 Å². The van der Waals surface area contributed by atoms with E-state index in [0.29, 0.717) is 5.82 Å². The van der Waals surface area contributed by atoms with Crippen molar-refractivity contribution in [2.75, 3.05) is 5.73 Å². The highest BCUT2D eigenvalue weighted by Crippen LogP contribution is 2.08. The molecule has 0 unspecified atom stereocenters. The Morgan fingerprint density at radius 3 is 2.62 bits per heavy atom. The smallest absolute Gasteiger partial charge is 0.153 e. The van der Waals surface area contributed by atoms with E-state index in [9.17, 15) is 0 Å². The number of nitrogens with zero attached hydrogens (tertiary/aromatic N) is 4. The molecule has 0 radical (unpaired) electrons. The number of hydrogen-bond acceptors (Lipinski definition) is 4. The Morgan fingerprint density at radius 1 is 1.31 bits per heavy atom. The molecule has 13 heavy (non-hydrogen) atoms. The lowest BCUT2D eigenvalue weighted by molar-refractivity contribution is 0.855. The summed E-state index contributed by atoms with van der Waals surface area (Å²) in [6.45, 7) is 5.86. The second kappa shape index (κ2) is 3.84. The molecule has 0 aliphatic rings. The number of imidazole rings is 1. The second-order valence-corrected chi connectivity index (χ2v) is 2.25. The number of aryl methyl sites for hydroxylation is 1. The lowest BCUT2D eigenvalue weighted by atomic mass is 10.5. The van der Waals surface area contributed by atoms with Gasteiger partial charge in [0.1, 0.15) is 17.7 Å². The van der Waals surface area contributed by atoms with Crippen molar-refractivity contribution in [1.29, 1.82) is 0 Å². The van der Waals surface area contributed by atoms with Crippen molar-refractivity contribution in [2.45, 2.75) is 20.8 Å². The van der Waals surface area contributed by atoms with Gasteiger partial charge in [-0.3, -0.25) is 0 Å². The van der Waals surface area contributed by atoms with E-state index in [2.05, 4.69) is 15.1 Å². The summed E-state index contributed by atoms with van der Waals surface area (Å²) in [5.41, 5.74) is 6.31. The van der Waals surface area contributed by atoms with Crippen molar-refractivity contribution in [3.63, 3.8) is 0 Å². The van der Waals surface area contributed by atoms with E-state index in [-0.39, 0.29) is 0 Å². The predicted octanol–water partition coefficient (Wildman–Crippen LogP) is 1.04. The highest BCUT2D eigenvalue weighted by Gasteiger charge is 2.01. The van der Waals surface area contributed by atoms with Crippen molar-refractivity contribution in [3.05, 3.63) is 18.3 Å². The summed E-state index contributed by atoms with van der Waals surface area (Å²) < 4.78 is 1.66. The number of nitrogens with two attached hydrogens (primary N) is 1. The zero-order valence-electron chi connectivity index (χ0n) is 8.02. The Kier molecular flexibility index (Phi) is 2.79. The third-order valence-corrected chi connectivity index (χ3v) is 1.53. The monoisotopic (exact) mass is 179 g/mol. The second-order valence-electron chi connectivity index (χ2n) is 2.25. The summed E-state index contributed by atoms with van der Waals surface area (Å²) in [6.07, 6.45) is 3.07. The van der Waals surface area contributed by atoms with Crippen LogP contribution in [0.15, 0.2) is 12.5 Å². The fourth-order valence-corrected chi connectivity index (χ4v) is 0.964. The first-order valence-electron chi connectivity index (χ1n) is 4.20. The highest BCUT2D eigenvalue weighted by molar-refractivity contribution is 5.63. The normalized spacial score (nSPS) is 9.46. The molecule has 5 nitrogen and oxygen atoms in total. The summed E-state index contributed by atoms with van der Waals surface area (Å²) >= 11 is 0. The number of rotatable bonds is 0. The van der Waals surface area contributed by atoms with Crippen molar-refractivity contribution in [3.8, 4) is 0 Å². The van der Waals surface area contributed by atoms with Crippen molar-refractivity contribution < 1.29 is 0 Å². The number of aromatic nitrogens is 4. The van der Waals surface area contributed by atoms with Crippen LogP contribution in [-0.2, 0) is 0 Å². The van der Waals surface area contributed by atoms with Gasteiger partial charge in [-0.05, 0) is 6.92 Å². The molecule has 0 spiro atoms. The van der Waals surface area contributed by atoms with Gasteiger partial charge >= 0.3 is 0 Å². The van der Waals surface area contributed by atoms with Crippen LogP contribution >= 0.6 is 0 Å². The maximum absolute atomic E-state index is 5.56. The molecule has 0 atom stereocenters. The SMILES string of the molecule is CC.Cc1ncc2c(N)ncnn12. The van der Waals surface area contributed by atoms with Gasteiger partial charge in [0.25, 0.3) is 0 Å². The number of fused-ring (bicyclic) bond motifs is 1. The summed E-state index contributed by atoms with van der Waals surface area (Å²) in [6, 6.07) is 0. The summed E-state index contributed by atoms with van der Waals surface area (Å²) in [4.78, 5) is 7.86. The molecule has 0 saturated carbocycles. The molecule has 2 rings (SSSR count). The minimum Gasteiger partial charge on any atom is -0.382 e. The van der Waals surface area contributed by atoms with Gasteiger partial charge in [-0.1, -0.05) is 13.8 Å². The molecule has 0 amide bonds. The van der Waals surface area contributed by atoms with Gasteiger partial charge in [0.15, 0.2) is 5.82 Å². The Labute approximate surface area is 76.6 Å². The first-order chi connectivity index (χ1) is 6.29. The predicted molar refractivity (Wildman–Crippen MR) is 51.3 cm³/mol. The number of anilines is 1. The zero-order valence-corrected chi connectivity index (χ0v) is 8.02. The van der Waals surface area contributed by atoms with Gasteiger partial charge in [0.2, 0.25) is 0 Å². The fourth-order valence-electron chi connectivity index (χ4n) is 0.964. The minimum absolute atomic E-state index is 0.459. The molecule has 0 saturated heterocycles. The van der Waals surface area contributed by atoms with Crippen LogP contribution in [0.25, 0.3) is 5.52 Å². The average Bonchev–Trinajstić information content (AvgIpc) is 2.53. The topological polar surface area (TPSA) is 69.1 Å². The molecule has 0 aromatic carbocycles.